The van der Waals surface area contributed by atoms with Crippen molar-refractivity contribution in [2.24, 2.45) is 0 Å². The molecule has 2 heterocycles. The monoisotopic (exact) mass is 245 g/mol. The molecule has 1 aliphatic rings. The number of piperazine rings is 1. The Labute approximate surface area is 99.4 Å². The standard InChI is InChI=1S/C10H13Cl2N3/c1-15-3-2-13-9(6-15)7-4-8(11)10(12)14-5-7/h4-5,9,13H,2-3,6H2,1H3. The molecule has 0 saturated carbocycles. The van der Waals surface area contributed by atoms with Crippen LogP contribution < -0.4 is 5.32 Å². The molecule has 1 unspecified atom stereocenters. The number of pyridine rings is 1. The summed E-state index contributed by atoms with van der Waals surface area (Å²) >= 11 is 11.7. The molecule has 5 heteroatoms. The highest BCUT2D eigenvalue weighted by Gasteiger charge is 2.18. The molecule has 1 fully saturated rings. The topological polar surface area (TPSA) is 28.2 Å². The lowest BCUT2D eigenvalue weighted by Gasteiger charge is -2.31. The van der Waals surface area contributed by atoms with Gasteiger partial charge in [-0.15, -0.1) is 0 Å². The average Bonchev–Trinajstić information content (AvgIpc) is 2.22. The smallest absolute Gasteiger partial charge is 0.147 e. The van der Waals surface area contributed by atoms with Crippen molar-refractivity contribution in [3.8, 4) is 0 Å². The number of nitrogens with zero attached hydrogens (tertiary/aromatic N) is 2. The van der Waals surface area contributed by atoms with Crippen molar-refractivity contribution in [2.45, 2.75) is 6.04 Å². The molecule has 2 rings (SSSR count). The van der Waals surface area contributed by atoms with Crippen molar-refractivity contribution in [2.75, 3.05) is 26.7 Å². The van der Waals surface area contributed by atoms with Crippen molar-refractivity contribution in [3.05, 3.63) is 28.0 Å². The zero-order valence-corrected chi connectivity index (χ0v) is 10.0. The van der Waals surface area contributed by atoms with Crippen LogP contribution in [0.2, 0.25) is 10.2 Å². The second-order valence-corrected chi connectivity index (χ2v) is 4.58. The van der Waals surface area contributed by atoms with Gasteiger partial charge >= 0.3 is 0 Å². The Morgan fingerprint density at radius 2 is 2.33 bits per heavy atom. The fourth-order valence-corrected chi connectivity index (χ4v) is 2.03. The molecule has 0 radical (unpaired) electrons. The molecule has 1 saturated heterocycles. The largest absolute Gasteiger partial charge is 0.308 e. The van der Waals surface area contributed by atoms with E-state index in [4.69, 9.17) is 23.2 Å². The van der Waals surface area contributed by atoms with Crippen molar-refractivity contribution >= 4 is 23.2 Å². The van der Waals surface area contributed by atoms with Crippen molar-refractivity contribution in [1.82, 2.24) is 15.2 Å². The summed E-state index contributed by atoms with van der Waals surface area (Å²) in [6.07, 6.45) is 1.78. The minimum absolute atomic E-state index is 0.297. The van der Waals surface area contributed by atoms with E-state index in [2.05, 4.69) is 22.2 Å². The van der Waals surface area contributed by atoms with Gasteiger partial charge in [0.1, 0.15) is 5.15 Å². The van der Waals surface area contributed by atoms with Crippen LogP contribution in [0.25, 0.3) is 0 Å². The molecule has 1 aromatic rings. The van der Waals surface area contributed by atoms with E-state index in [9.17, 15) is 0 Å². The summed E-state index contributed by atoms with van der Waals surface area (Å²) in [6, 6.07) is 2.18. The summed E-state index contributed by atoms with van der Waals surface area (Å²) in [5.74, 6) is 0. The van der Waals surface area contributed by atoms with Crippen LogP contribution in [0.3, 0.4) is 0 Å². The molecule has 1 atom stereocenters. The molecule has 0 spiro atoms. The maximum atomic E-state index is 5.93. The summed E-state index contributed by atoms with van der Waals surface area (Å²) < 4.78 is 0. The third-order valence-corrected chi connectivity index (χ3v) is 3.28. The number of nitrogens with one attached hydrogen (secondary N) is 1. The van der Waals surface area contributed by atoms with Gasteiger partial charge in [0.15, 0.2) is 0 Å². The summed E-state index contributed by atoms with van der Waals surface area (Å²) in [6.45, 7) is 3.03. The molecule has 0 amide bonds. The van der Waals surface area contributed by atoms with Gasteiger partial charge in [-0.1, -0.05) is 23.2 Å². The lowest BCUT2D eigenvalue weighted by Crippen LogP contribution is -2.43. The predicted octanol–water partition coefficient (Wildman–Crippen LogP) is 1.96. The first-order chi connectivity index (χ1) is 7.16. The fraction of sp³-hybridized carbons (Fsp3) is 0.500. The Balaban J connectivity index is 2.18. The Morgan fingerprint density at radius 1 is 1.53 bits per heavy atom. The van der Waals surface area contributed by atoms with Gasteiger partial charge in [-0.05, 0) is 18.7 Å². The molecule has 82 valence electrons. The normalized spacial score (nSPS) is 23.0. The van der Waals surface area contributed by atoms with Crippen LogP contribution in [0.5, 0.6) is 0 Å². The van der Waals surface area contributed by atoms with Crippen molar-refractivity contribution in [1.29, 1.82) is 0 Å². The van der Waals surface area contributed by atoms with E-state index in [1.165, 1.54) is 0 Å². The summed E-state index contributed by atoms with van der Waals surface area (Å²) in [5.41, 5.74) is 1.09. The summed E-state index contributed by atoms with van der Waals surface area (Å²) in [4.78, 5) is 6.34. The van der Waals surface area contributed by atoms with E-state index in [0.717, 1.165) is 25.2 Å². The summed E-state index contributed by atoms with van der Waals surface area (Å²) in [7, 11) is 2.11. The molecular formula is C10H13Cl2N3. The lowest BCUT2D eigenvalue weighted by atomic mass is 10.1. The van der Waals surface area contributed by atoms with Gasteiger partial charge in [-0.25, -0.2) is 4.98 Å². The number of rotatable bonds is 1. The second kappa shape index (κ2) is 4.66. The molecule has 0 aliphatic carbocycles. The van der Waals surface area contributed by atoms with Gasteiger partial charge in [-0.2, -0.15) is 0 Å². The van der Waals surface area contributed by atoms with Crippen LogP contribution >= 0.6 is 23.2 Å². The number of halogens is 2. The third kappa shape index (κ3) is 2.61. The van der Waals surface area contributed by atoms with Crippen LogP contribution in [0.1, 0.15) is 11.6 Å². The average molecular weight is 246 g/mol. The van der Waals surface area contributed by atoms with Gasteiger partial charge in [0.2, 0.25) is 0 Å². The SMILES string of the molecule is CN1CCNC(c2cnc(Cl)c(Cl)c2)C1. The van der Waals surface area contributed by atoms with E-state index in [-0.39, 0.29) is 0 Å². The molecular weight excluding hydrogens is 233 g/mol. The van der Waals surface area contributed by atoms with E-state index < -0.39 is 0 Å². The number of likely N-dealkylation sites (N-methyl/N-ethyl adjacent to an activating group) is 1. The van der Waals surface area contributed by atoms with Gasteiger partial charge in [-0.3, -0.25) is 0 Å². The quantitative estimate of drug-likeness (QED) is 0.768. The predicted molar refractivity (Wildman–Crippen MR) is 62.5 cm³/mol. The zero-order chi connectivity index (χ0) is 10.8. The Morgan fingerprint density at radius 3 is 3.00 bits per heavy atom. The minimum Gasteiger partial charge on any atom is -0.308 e. The van der Waals surface area contributed by atoms with Crippen LogP contribution in [-0.4, -0.2) is 36.6 Å². The van der Waals surface area contributed by atoms with Crippen molar-refractivity contribution < 1.29 is 0 Å². The van der Waals surface area contributed by atoms with E-state index in [0.29, 0.717) is 16.2 Å². The zero-order valence-electron chi connectivity index (χ0n) is 8.50. The van der Waals surface area contributed by atoms with Gasteiger partial charge in [0.25, 0.3) is 0 Å². The molecule has 1 aromatic heterocycles. The van der Waals surface area contributed by atoms with Gasteiger partial charge in [0, 0.05) is 31.9 Å². The molecule has 0 bridgehead atoms. The van der Waals surface area contributed by atoms with Crippen molar-refractivity contribution in [3.63, 3.8) is 0 Å². The first-order valence-electron chi connectivity index (χ1n) is 4.89. The first-order valence-corrected chi connectivity index (χ1v) is 5.65. The van der Waals surface area contributed by atoms with E-state index in [1.54, 1.807) is 6.20 Å². The van der Waals surface area contributed by atoms with Crippen LogP contribution in [0, 0.1) is 0 Å². The molecule has 15 heavy (non-hydrogen) atoms. The van der Waals surface area contributed by atoms with Crippen LogP contribution in [0.15, 0.2) is 12.3 Å². The Hall–Kier alpha value is -0.350. The van der Waals surface area contributed by atoms with Crippen LogP contribution in [-0.2, 0) is 0 Å². The molecule has 0 aromatic carbocycles. The molecule has 3 nitrogen and oxygen atoms in total. The van der Waals surface area contributed by atoms with Gasteiger partial charge in [0.05, 0.1) is 5.02 Å². The number of hydrogen-bond acceptors (Lipinski definition) is 3. The Kier molecular flexibility index (Phi) is 3.46. The fourth-order valence-electron chi connectivity index (χ4n) is 1.75. The Bertz CT molecular complexity index is 357. The van der Waals surface area contributed by atoms with Gasteiger partial charge < -0.3 is 10.2 Å². The molecule has 1 N–H and O–H groups in total. The first kappa shape index (κ1) is 11.1. The molecule has 1 aliphatic heterocycles. The highest BCUT2D eigenvalue weighted by atomic mass is 35.5. The lowest BCUT2D eigenvalue weighted by molar-refractivity contribution is 0.240. The van der Waals surface area contributed by atoms with E-state index in [1.807, 2.05) is 6.07 Å². The van der Waals surface area contributed by atoms with E-state index >= 15 is 0 Å². The highest BCUT2D eigenvalue weighted by molar-refractivity contribution is 6.41. The number of aromatic nitrogens is 1. The summed E-state index contributed by atoms with van der Waals surface area (Å²) in [5, 5.41) is 4.31. The maximum Gasteiger partial charge on any atom is 0.147 e. The number of hydrogen-bond donors (Lipinski definition) is 1. The third-order valence-electron chi connectivity index (χ3n) is 2.60. The minimum atomic E-state index is 0.297. The maximum absolute atomic E-state index is 5.93. The second-order valence-electron chi connectivity index (χ2n) is 3.81. The highest BCUT2D eigenvalue weighted by Crippen LogP contribution is 2.24. The van der Waals surface area contributed by atoms with Crippen LogP contribution in [0.4, 0.5) is 0 Å².